The summed E-state index contributed by atoms with van der Waals surface area (Å²) in [6.07, 6.45) is 0. The number of hydrogen-bond acceptors (Lipinski definition) is 2. The molecule has 0 unspecified atom stereocenters. The van der Waals surface area contributed by atoms with Gasteiger partial charge in [-0.2, -0.15) is 0 Å². The molecule has 0 saturated carbocycles. The molecular formula is C8H6AgO4. The second kappa shape index (κ2) is 4.81. The van der Waals surface area contributed by atoms with Crippen molar-refractivity contribution in [3.05, 3.63) is 35.4 Å². The molecular weight excluding hydrogens is 268 g/mol. The van der Waals surface area contributed by atoms with Crippen LogP contribution in [0.4, 0.5) is 0 Å². The molecule has 0 saturated heterocycles. The van der Waals surface area contributed by atoms with Crippen LogP contribution in [0.2, 0.25) is 0 Å². The summed E-state index contributed by atoms with van der Waals surface area (Å²) in [5, 5.41) is 17.1. The summed E-state index contributed by atoms with van der Waals surface area (Å²) in [5.74, 6) is -2.46. The molecule has 0 aliphatic carbocycles. The van der Waals surface area contributed by atoms with Crippen LogP contribution in [0, 0.1) is 0 Å². The van der Waals surface area contributed by atoms with Gasteiger partial charge in [-0.1, -0.05) is 12.1 Å². The molecule has 0 heterocycles. The number of benzene rings is 1. The van der Waals surface area contributed by atoms with Gasteiger partial charge in [0.05, 0.1) is 11.1 Å². The second-order valence-electron chi connectivity index (χ2n) is 2.16. The number of carboxylic acids is 2. The van der Waals surface area contributed by atoms with Crippen LogP contribution in [0.3, 0.4) is 0 Å². The smallest absolute Gasteiger partial charge is 0.336 e. The van der Waals surface area contributed by atoms with Crippen molar-refractivity contribution in [2.24, 2.45) is 0 Å². The normalized spacial score (nSPS) is 8.62. The third-order valence-corrected chi connectivity index (χ3v) is 1.39. The Hall–Kier alpha value is -1.10. The number of carboxylic acid groups (broad SMARTS) is 2. The van der Waals surface area contributed by atoms with Crippen LogP contribution in [-0.2, 0) is 22.4 Å². The number of carbonyl (C=O) groups is 2. The van der Waals surface area contributed by atoms with E-state index in [0.29, 0.717) is 0 Å². The summed E-state index contributed by atoms with van der Waals surface area (Å²) < 4.78 is 0. The molecule has 5 heteroatoms. The fourth-order valence-electron chi connectivity index (χ4n) is 0.856. The second-order valence-corrected chi connectivity index (χ2v) is 2.16. The molecule has 0 atom stereocenters. The molecule has 1 radical (unpaired) electrons. The average Bonchev–Trinajstić information content (AvgIpc) is 2.04. The van der Waals surface area contributed by atoms with Crippen molar-refractivity contribution in [1.82, 2.24) is 0 Å². The zero-order chi connectivity index (χ0) is 9.14. The van der Waals surface area contributed by atoms with Crippen molar-refractivity contribution in [3.63, 3.8) is 0 Å². The van der Waals surface area contributed by atoms with Crippen molar-refractivity contribution < 1.29 is 42.2 Å². The van der Waals surface area contributed by atoms with Gasteiger partial charge in [-0.3, -0.25) is 0 Å². The van der Waals surface area contributed by atoms with Crippen LogP contribution in [0.5, 0.6) is 0 Å². The topological polar surface area (TPSA) is 74.6 Å². The van der Waals surface area contributed by atoms with Crippen molar-refractivity contribution in [3.8, 4) is 0 Å². The third-order valence-electron chi connectivity index (χ3n) is 1.39. The van der Waals surface area contributed by atoms with Gasteiger partial charge in [0.15, 0.2) is 0 Å². The predicted molar refractivity (Wildman–Crippen MR) is 40.4 cm³/mol. The summed E-state index contributed by atoms with van der Waals surface area (Å²) in [4.78, 5) is 20.9. The number of hydrogen-bond donors (Lipinski definition) is 2. The van der Waals surface area contributed by atoms with Crippen LogP contribution < -0.4 is 0 Å². The monoisotopic (exact) mass is 273 g/mol. The first-order valence-electron chi connectivity index (χ1n) is 3.18. The Balaban J connectivity index is 0.00000144. The summed E-state index contributed by atoms with van der Waals surface area (Å²) in [6, 6.07) is 5.48. The molecule has 13 heavy (non-hydrogen) atoms. The Morgan fingerprint density at radius 3 is 1.46 bits per heavy atom. The molecule has 0 amide bonds. The van der Waals surface area contributed by atoms with Crippen molar-refractivity contribution in [1.29, 1.82) is 0 Å². The molecule has 0 aromatic heterocycles. The molecule has 0 aliphatic heterocycles. The van der Waals surface area contributed by atoms with E-state index in [1.165, 1.54) is 24.3 Å². The zero-order valence-electron chi connectivity index (χ0n) is 6.32. The van der Waals surface area contributed by atoms with E-state index in [2.05, 4.69) is 0 Å². The maximum absolute atomic E-state index is 10.5. The van der Waals surface area contributed by atoms with Crippen LogP contribution in [0.1, 0.15) is 20.7 Å². The summed E-state index contributed by atoms with van der Waals surface area (Å²) in [7, 11) is 0. The van der Waals surface area contributed by atoms with Crippen molar-refractivity contribution in [2.45, 2.75) is 0 Å². The van der Waals surface area contributed by atoms with E-state index in [0.717, 1.165) is 0 Å². The maximum atomic E-state index is 10.5. The Labute approximate surface area is 89.7 Å². The van der Waals surface area contributed by atoms with Gasteiger partial charge in [0.2, 0.25) is 0 Å². The van der Waals surface area contributed by atoms with E-state index in [4.69, 9.17) is 10.2 Å². The first kappa shape index (κ1) is 11.9. The van der Waals surface area contributed by atoms with Gasteiger partial charge < -0.3 is 10.2 Å². The third kappa shape index (κ3) is 2.69. The van der Waals surface area contributed by atoms with E-state index in [1.807, 2.05) is 0 Å². The molecule has 73 valence electrons. The molecule has 1 aromatic carbocycles. The van der Waals surface area contributed by atoms with E-state index >= 15 is 0 Å². The standard InChI is InChI=1S/C8H6O4.Ag/c9-7(10)5-3-1-2-4-6(5)8(11)12;/h1-4H,(H,9,10)(H,11,12);. The average molecular weight is 274 g/mol. The Kier molecular flexibility index (Phi) is 4.41. The molecule has 1 rings (SSSR count). The van der Waals surface area contributed by atoms with Crippen LogP contribution in [-0.4, -0.2) is 22.2 Å². The van der Waals surface area contributed by atoms with Gasteiger partial charge in [-0.05, 0) is 12.1 Å². The van der Waals surface area contributed by atoms with Crippen LogP contribution in [0.15, 0.2) is 24.3 Å². The molecule has 0 fully saturated rings. The number of aromatic carboxylic acids is 2. The van der Waals surface area contributed by atoms with Gasteiger partial charge in [-0.25, -0.2) is 9.59 Å². The van der Waals surface area contributed by atoms with E-state index in [9.17, 15) is 9.59 Å². The maximum Gasteiger partial charge on any atom is 0.336 e. The van der Waals surface area contributed by atoms with Crippen molar-refractivity contribution in [2.75, 3.05) is 0 Å². The minimum absolute atomic E-state index is 0. The summed E-state index contributed by atoms with van der Waals surface area (Å²) >= 11 is 0. The summed E-state index contributed by atoms with van der Waals surface area (Å²) in [6.45, 7) is 0. The molecule has 0 aliphatic rings. The molecule has 4 nitrogen and oxygen atoms in total. The van der Waals surface area contributed by atoms with E-state index < -0.39 is 11.9 Å². The van der Waals surface area contributed by atoms with E-state index in [-0.39, 0.29) is 33.5 Å². The van der Waals surface area contributed by atoms with Gasteiger partial charge in [0.25, 0.3) is 0 Å². The van der Waals surface area contributed by atoms with Crippen molar-refractivity contribution >= 4 is 11.9 Å². The minimum atomic E-state index is -1.23. The first-order valence-corrected chi connectivity index (χ1v) is 3.18. The predicted octanol–water partition coefficient (Wildman–Crippen LogP) is 1.08. The Morgan fingerprint density at radius 2 is 1.23 bits per heavy atom. The molecule has 0 spiro atoms. The fourth-order valence-corrected chi connectivity index (χ4v) is 0.856. The summed E-state index contributed by atoms with van der Waals surface area (Å²) in [5.41, 5.74) is -0.380. The number of rotatable bonds is 2. The van der Waals surface area contributed by atoms with Crippen LogP contribution >= 0.6 is 0 Å². The SMILES string of the molecule is O=C(O)c1ccccc1C(=O)O.[Ag]. The van der Waals surface area contributed by atoms with Gasteiger partial charge in [0, 0.05) is 22.4 Å². The molecule has 1 aromatic rings. The van der Waals surface area contributed by atoms with E-state index in [1.54, 1.807) is 0 Å². The minimum Gasteiger partial charge on any atom is -0.478 e. The quantitative estimate of drug-likeness (QED) is 0.791. The van der Waals surface area contributed by atoms with Gasteiger partial charge in [0.1, 0.15) is 0 Å². The van der Waals surface area contributed by atoms with Gasteiger partial charge in [-0.15, -0.1) is 0 Å². The Morgan fingerprint density at radius 1 is 0.923 bits per heavy atom. The molecule has 0 bridgehead atoms. The fraction of sp³-hybridized carbons (Fsp3) is 0. The molecule has 2 N–H and O–H groups in total. The van der Waals surface area contributed by atoms with Crippen LogP contribution in [0.25, 0.3) is 0 Å². The first-order chi connectivity index (χ1) is 5.63. The zero-order valence-corrected chi connectivity index (χ0v) is 7.80. The Bertz CT molecular complexity index is 302. The largest absolute Gasteiger partial charge is 0.478 e. The van der Waals surface area contributed by atoms with Gasteiger partial charge >= 0.3 is 11.9 Å².